The van der Waals surface area contributed by atoms with Gasteiger partial charge in [0.25, 0.3) is 0 Å². The first kappa shape index (κ1) is 14.2. The summed E-state index contributed by atoms with van der Waals surface area (Å²) < 4.78 is 5.98. The summed E-state index contributed by atoms with van der Waals surface area (Å²) in [5.41, 5.74) is 0. The zero-order valence-corrected chi connectivity index (χ0v) is 11.9. The van der Waals surface area contributed by atoms with Gasteiger partial charge in [0.2, 0.25) is 0 Å². The smallest absolute Gasteiger partial charge is 0.187 e. The van der Waals surface area contributed by atoms with Crippen molar-refractivity contribution in [3.05, 3.63) is 0 Å². The second kappa shape index (κ2) is 6.62. The third-order valence-electron chi connectivity index (χ3n) is 2.37. The Morgan fingerprint density at radius 2 is 1.57 bits per heavy atom. The van der Waals surface area contributed by atoms with E-state index in [0.717, 1.165) is 5.92 Å². The molecule has 0 fully saturated rings. The van der Waals surface area contributed by atoms with E-state index in [9.17, 15) is 0 Å². The Morgan fingerprint density at radius 3 is 2.00 bits per heavy atom. The molecule has 14 heavy (non-hydrogen) atoms. The highest BCUT2D eigenvalue weighted by Gasteiger charge is 2.22. The minimum absolute atomic E-state index is 0.404. The minimum atomic E-state index is -1.34. The van der Waals surface area contributed by atoms with Crippen LogP contribution in [0.2, 0.25) is 19.1 Å². The molecule has 0 heterocycles. The predicted octanol–water partition coefficient (Wildman–Crippen LogP) is 4.44. The highest BCUT2D eigenvalue weighted by Crippen LogP contribution is 2.19. The molecule has 0 atom stereocenters. The largest absolute Gasteiger partial charge is 0.415 e. The van der Waals surface area contributed by atoms with Gasteiger partial charge in [0.1, 0.15) is 0 Å². The van der Waals surface area contributed by atoms with Crippen LogP contribution < -0.4 is 0 Å². The fraction of sp³-hybridized carbons (Fsp3) is 1.00. The minimum Gasteiger partial charge on any atom is -0.415 e. The van der Waals surface area contributed by atoms with E-state index in [0.29, 0.717) is 6.10 Å². The molecule has 0 amide bonds. The summed E-state index contributed by atoms with van der Waals surface area (Å²) in [5, 5.41) is 0. The first-order valence-corrected chi connectivity index (χ1v) is 9.13. The maximum Gasteiger partial charge on any atom is 0.187 e. The van der Waals surface area contributed by atoms with Crippen LogP contribution in [0.3, 0.4) is 0 Å². The Hall–Kier alpha value is 0.177. The van der Waals surface area contributed by atoms with Crippen molar-refractivity contribution in [2.45, 2.75) is 72.2 Å². The summed E-state index contributed by atoms with van der Waals surface area (Å²) >= 11 is 0. The maximum absolute atomic E-state index is 5.98. The molecule has 0 N–H and O–H groups in total. The van der Waals surface area contributed by atoms with Crippen molar-refractivity contribution in [3.63, 3.8) is 0 Å². The Morgan fingerprint density at radius 1 is 1.00 bits per heavy atom. The number of unbranched alkanes of at least 4 members (excludes halogenated alkanes) is 1. The van der Waals surface area contributed by atoms with Crippen LogP contribution in [0.25, 0.3) is 0 Å². The van der Waals surface area contributed by atoms with Crippen molar-refractivity contribution in [3.8, 4) is 0 Å². The lowest BCUT2D eigenvalue weighted by molar-refractivity contribution is 0.230. The van der Waals surface area contributed by atoms with E-state index in [1.807, 2.05) is 0 Å². The second-order valence-corrected chi connectivity index (χ2v) is 9.82. The van der Waals surface area contributed by atoms with Gasteiger partial charge >= 0.3 is 0 Å². The molecule has 0 saturated carbocycles. The lowest BCUT2D eigenvalue weighted by Crippen LogP contribution is -2.33. The van der Waals surface area contributed by atoms with E-state index in [1.165, 1.54) is 25.3 Å². The van der Waals surface area contributed by atoms with Crippen molar-refractivity contribution in [1.82, 2.24) is 0 Å². The van der Waals surface area contributed by atoms with Crippen LogP contribution in [-0.2, 0) is 4.43 Å². The topological polar surface area (TPSA) is 9.23 Å². The monoisotopic (exact) mass is 216 g/mol. The Bertz CT molecular complexity index is 141. The van der Waals surface area contributed by atoms with Crippen LogP contribution in [0.5, 0.6) is 0 Å². The van der Waals surface area contributed by atoms with Gasteiger partial charge in [-0.3, -0.25) is 0 Å². The van der Waals surface area contributed by atoms with Gasteiger partial charge in [-0.15, -0.1) is 0 Å². The van der Waals surface area contributed by atoms with Crippen LogP contribution in [0.4, 0.5) is 0 Å². The van der Waals surface area contributed by atoms with Gasteiger partial charge in [-0.05, 0) is 38.9 Å². The molecular formula is C12H28OSi. The van der Waals surface area contributed by atoms with Gasteiger partial charge in [0, 0.05) is 6.10 Å². The Labute approximate surface area is 91.4 Å². The summed E-state index contributed by atoms with van der Waals surface area (Å²) in [4.78, 5) is 0. The van der Waals surface area contributed by atoms with Gasteiger partial charge in [0.15, 0.2) is 8.32 Å². The fourth-order valence-corrected chi connectivity index (χ4v) is 4.30. The molecule has 0 unspecified atom stereocenters. The molecule has 0 aromatic carbocycles. The molecule has 0 aliphatic rings. The third kappa shape index (κ3) is 8.76. The summed E-state index contributed by atoms with van der Waals surface area (Å²) in [6.45, 7) is 13.6. The molecule has 86 valence electrons. The first-order valence-electron chi connectivity index (χ1n) is 6.01. The van der Waals surface area contributed by atoms with Crippen molar-refractivity contribution in [2.75, 3.05) is 0 Å². The molecule has 0 aromatic rings. The first-order chi connectivity index (χ1) is 6.33. The zero-order valence-electron chi connectivity index (χ0n) is 10.9. The number of rotatable bonds is 7. The van der Waals surface area contributed by atoms with Gasteiger partial charge < -0.3 is 4.43 Å². The molecule has 0 aliphatic carbocycles. The van der Waals surface area contributed by atoms with E-state index < -0.39 is 8.32 Å². The third-order valence-corrected chi connectivity index (χ3v) is 5.03. The summed E-state index contributed by atoms with van der Waals surface area (Å²) in [6, 6.07) is 1.32. The molecule has 0 spiro atoms. The lowest BCUT2D eigenvalue weighted by Gasteiger charge is -2.25. The molecule has 2 heteroatoms. The van der Waals surface area contributed by atoms with Gasteiger partial charge in [-0.25, -0.2) is 0 Å². The van der Waals surface area contributed by atoms with E-state index in [1.54, 1.807) is 0 Å². The molecule has 0 rings (SSSR count). The Kier molecular flexibility index (Phi) is 6.71. The molecule has 1 nitrogen and oxygen atoms in total. The summed E-state index contributed by atoms with van der Waals surface area (Å²) in [7, 11) is -1.34. The highest BCUT2D eigenvalue weighted by molar-refractivity contribution is 6.71. The zero-order chi connectivity index (χ0) is 11.2. The average Bonchev–Trinajstić information content (AvgIpc) is 1.95. The standard InChI is InChI=1S/C12H28OSi/c1-11(2)9-7-8-10-14(5,6)13-12(3)4/h11-12H,7-10H2,1-6H3. The van der Waals surface area contributed by atoms with Gasteiger partial charge in [0.05, 0.1) is 0 Å². The predicted molar refractivity (Wildman–Crippen MR) is 67.2 cm³/mol. The van der Waals surface area contributed by atoms with E-state index in [-0.39, 0.29) is 0 Å². The number of hydrogen-bond acceptors (Lipinski definition) is 1. The molecule has 0 aliphatic heterocycles. The average molecular weight is 216 g/mol. The van der Waals surface area contributed by atoms with E-state index in [2.05, 4.69) is 40.8 Å². The fourth-order valence-electron chi connectivity index (χ4n) is 1.80. The molecule has 0 bridgehead atoms. The van der Waals surface area contributed by atoms with Crippen LogP contribution in [0.15, 0.2) is 0 Å². The molecule has 0 radical (unpaired) electrons. The lowest BCUT2D eigenvalue weighted by atomic mass is 10.1. The molecule has 0 aromatic heterocycles. The summed E-state index contributed by atoms with van der Waals surface area (Å²) in [5.74, 6) is 0.853. The van der Waals surface area contributed by atoms with Crippen LogP contribution in [-0.4, -0.2) is 14.4 Å². The SMILES string of the molecule is CC(C)CCCC[Si](C)(C)OC(C)C. The highest BCUT2D eigenvalue weighted by atomic mass is 28.4. The summed E-state index contributed by atoms with van der Waals surface area (Å²) in [6.07, 6.45) is 4.49. The van der Waals surface area contributed by atoms with Gasteiger partial charge in [-0.1, -0.05) is 33.1 Å². The van der Waals surface area contributed by atoms with Crippen molar-refractivity contribution in [2.24, 2.45) is 5.92 Å². The van der Waals surface area contributed by atoms with Gasteiger partial charge in [-0.2, -0.15) is 0 Å². The van der Waals surface area contributed by atoms with Crippen molar-refractivity contribution >= 4 is 8.32 Å². The van der Waals surface area contributed by atoms with Crippen LogP contribution in [0.1, 0.15) is 47.0 Å². The van der Waals surface area contributed by atoms with Crippen molar-refractivity contribution < 1.29 is 4.43 Å². The second-order valence-electron chi connectivity index (χ2n) is 5.57. The van der Waals surface area contributed by atoms with E-state index in [4.69, 9.17) is 4.43 Å². The normalized spacial score (nSPS) is 12.9. The Balaban J connectivity index is 3.55. The maximum atomic E-state index is 5.98. The number of hydrogen-bond donors (Lipinski definition) is 0. The molecule has 0 saturated heterocycles. The molecular weight excluding hydrogens is 188 g/mol. The quantitative estimate of drug-likeness (QED) is 0.451. The van der Waals surface area contributed by atoms with Crippen LogP contribution in [0, 0.1) is 5.92 Å². The van der Waals surface area contributed by atoms with Crippen molar-refractivity contribution in [1.29, 1.82) is 0 Å². The van der Waals surface area contributed by atoms with E-state index >= 15 is 0 Å². The van der Waals surface area contributed by atoms with Crippen LogP contribution >= 0.6 is 0 Å².